The largest absolute Gasteiger partial charge is 0.369 e. The van der Waals surface area contributed by atoms with Crippen molar-refractivity contribution in [3.63, 3.8) is 0 Å². The van der Waals surface area contributed by atoms with Crippen LogP contribution >= 0.6 is 22.9 Å². The molecule has 0 aliphatic heterocycles. The van der Waals surface area contributed by atoms with Gasteiger partial charge in [0.15, 0.2) is 0 Å². The summed E-state index contributed by atoms with van der Waals surface area (Å²) in [5, 5.41) is 6.37. The lowest BCUT2D eigenvalue weighted by atomic mass is 10.2. The number of halogens is 1. The molecule has 0 atom stereocenters. The number of aryl methyl sites for hydroxylation is 1. The fourth-order valence-corrected chi connectivity index (χ4v) is 2.97. The Kier molecular flexibility index (Phi) is 5.59. The van der Waals surface area contributed by atoms with Gasteiger partial charge in [-0.05, 0) is 31.5 Å². The van der Waals surface area contributed by atoms with Gasteiger partial charge >= 0.3 is 0 Å². The zero-order chi connectivity index (χ0) is 15.2. The summed E-state index contributed by atoms with van der Waals surface area (Å²) in [5.41, 5.74) is 0.467. The first-order chi connectivity index (χ1) is 10.1. The maximum Gasteiger partial charge on any atom is 0.253 e. The van der Waals surface area contributed by atoms with Gasteiger partial charge in [0.2, 0.25) is 0 Å². The van der Waals surface area contributed by atoms with Crippen LogP contribution in [0.2, 0.25) is 5.02 Å². The smallest absolute Gasteiger partial charge is 0.253 e. The van der Waals surface area contributed by atoms with Gasteiger partial charge < -0.3 is 10.6 Å². The fraction of sp³-hybridized carbons (Fsp3) is 0.333. The van der Waals surface area contributed by atoms with Crippen molar-refractivity contribution < 1.29 is 4.79 Å². The van der Waals surface area contributed by atoms with Crippen LogP contribution in [0.4, 0.5) is 5.82 Å². The Morgan fingerprint density at radius 2 is 2.10 bits per heavy atom. The predicted octanol–water partition coefficient (Wildman–Crippen LogP) is 3.72. The molecule has 0 radical (unpaired) electrons. The monoisotopic (exact) mass is 323 g/mol. The first-order valence-electron chi connectivity index (χ1n) is 6.89. The molecular weight excluding hydrogens is 306 g/mol. The zero-order valence-electron chi connectivity index (χ0n) is 12.1. The van der Waals surface area contributed by atoms with Gasteiger partial charge in [-0.1, -0.05) is 18.5 Å². The molecule has 2 heterocycles. The second kappa shape index (κ2) is 7.43. The minimum atomic E-state index is -0.168. The van der Waals surface area contributed by atoms with Crippen LogP contribution in [0.1, 0.15) is 34.0 Å². The van der Waals surface area contributed by atoms with Crippen molar-refractivity contribution in [3.05, 3.63) is 44.7 Å². The van der Waals surface area contributed by atoms with E-state index >= 15 is 0 Å². The van der Waals surface area contributed by atoms with Crippen LogP contribution in [-0.4, -0.2) is 17.4 Å². The van der Waals surface area contributed by atoms with Gasteiger partial charge in [0.25, 0.3) is 5.91 Å². The summed E-state index contributed by atoms with van der Waals surface area (Å²) in [6, 6.07) is 5.77. The average Bonchev–Trinajstić information content (AvgIpc) is 2.95. The zero-order valence-corrected chi connectivity index (χ0v) is 13.6. The molecule has 21 heavy (non-hydrogen) atoms. The van der Waals surface area contributed by atoms with E-state index in [1.807, 2.05) is 13.0 Å². The van der Waals surface area contributed by atoms with Crippen LogP contribution in [0.15, 0.2) is 24.4 Å². The van der Waals surface area contributed by atoms with Crippen molar-refractivity contribution in [2.75, 3.05) is 11.9 Å². The quantitative estimate of drug-likeness (QED) is 0.852. The van der Waals surface area contributed by atoms with E-state index in [9.17, 15) is 4.79 Å². The molecule has 112 valence electrons. The number of hydrogen-bond acceptors (Lipinski definition) is 4. The minimum absolute atomic E-state index is 0.168. The van der Waals surface area contributed by atoms with Crippen LogP contribution in [0.3, 0.4) is 0 Å². The average molecular weight is 324 g/mol. The third-order valence-corrected chi connectivity index (χ3v) is 4.45. The van der Waals surface area contributed by atoms with Crippen molar-refractivity contribution in [3.8, 4) is 0 Å². The highest BCUT2D eigenvalue weighted by atomic mass is 35.5. The molecule has 0 spiro atoms. The molecule has 0 aromatic carbocycles. The molecule has 0 aliphatic rings. The molecule has 0 fully saturated rings. The molecule has 6 heteroatoms. The number of pyridine rings is 1. The number of carbonyl (C=O) groups excluding carboxylic acids is 1. The Hall–Kier alpha value is -1.59. The maximum absolute atomic E-state index is 12.1. The van der Waals surface area contributed by atoms with Crippen LogP contribution in [0.5, 0.6) is 0 Å². The van der Waals surface area contributed by atoms with Crippen molar-refractivity contribution in [1.29, 1.82) is 0 Å². The van der Waals surface area contributed by atoms with Gasteiger partial charge in [0.1, 0.15) is 5.82 Å². The van der Waals surface area contributed by atoms with Crippen molar-refractivity contribution in [2.45, 2.75) is 26.8 Å². The number of thiophene rings is 1. The Morgan fingerprint density at radius 1 is 1.33 bits per heavy atom. The van der Waals surface area contributed by atoms with Crippen molar-refractivity contribution >= 4 is 34.7 Å². The van der Waals surface area contributed by atoms with Gasteiger partial charge in [-0.25, -0.2) is 4.98 Å². The summed E-state index contributed by atoms with van der Waals surface area (Å²) in [7, 11) is 0. The predicted molar refractivity (Wildman–Crippen MR) is 88.3 cm³/mol. The Bertz CT molecular complexity index is 627. The van der Waals surface area contributed by atoms with Gasteiger partial charge in [-0.3, -0.25) is 4.79 Å². The van der Waals surface area contributed by atoms with E-state index in [2.05, 4.69) is 28.6 Å². The normalized spacial score (nSPS) is 10.4. The molecule has 2 aromatic rings. The number of nitrogens with one attached hydrogen (secondary N) is 2. The summed E-state index contributed by atoms with van der Waals surface area (Å²) in [5.74, 6) is 0.431. The first kappa shape index (κ1) is 15.8. The summed E-state index contributed by atoms with van der Waals surface area (Å²) in [6.07, 6.45) is 2.55. The molecule has 1 amide bonds. The molecule has 0 saturated heterocycles. The lowest BCUT2D eigenvalue weighted by molar-refractivity contribution is 0.0951. The molecule has 2 aromatic heterocycles. The van der Waals surface area contributed by atoms with Crippen LogP contribution in [-0.2, 0) is 13.0 Å². The third kappa shape index (κ3) is 4.19. The summed E-state index contributed by atoms with van der Waals surface area (Å²) >= 11 is 7.80. The number of hydrogen-bond donors (Lipinski definition) is 2. The highest BCUT2D eigenvalue weighted by molar-refractivity contribution is 7.11. The Labute approximate surface area is 133 Å². The van der Waals surface area contributed by atoms with Crippen LogP contribution in [0.25, 0.3) is 0 Å². The Balaban J connectivity index is 1.98. The van der Waals surface area contributed by atoms with E-state index in [0.29, 0.717) is 22.9 Å². The van der Waals surface area contributed by atoms with E-state index in [-0.39, 0.29) is 5.91 Å². The molecule has 0 bridgehead atoms. The van der Waals surface area contributed by atoms with E-state index in [1.54, 1.807) is 17.4 Å². The number of anilines is 1. The number of nitrogens with zero attached hydrogens (tertiary/aromatic N) is 1. The van der Waals surface area contributed by atoms with Crippen LogP contribution in [0, 0.1) is 0 Å². The third-order valence-electron chi connectivity index (χ3n) is 2.94. The molecule has 0 aliphatic carbocycles. The van der Waals surface area contributed by atoms with Gasteiger partial charge in [-0.2, -0.15) is 0 Å². The van der Waals surface area contributed by atoms with Crippen LogP contribution < -0.4 is 10.6 Å². The highest BCUT2D eigenvalue weighted by Crippen LogP contribution is 2.20. The fourth-order valence-electron chi connectivity index (χ4n) is 1.84. The maximum atomic E-state index is 12.1. The molecule has 2 rings (SSSR count). The lowest BCUT2D eigenvalue weighted by Gasteiger charge is -2.07. The second-order valence-electron chi connectivity index (χ2n) is 4.49. The van der Waals surface area contributed by atoms with Gasteiger partial charge in [0, 0.05) is 22.5 Å². The molecular formula is C15H18ClN3OS. The Morgan fingerprint density at radius 3 is 2.71 bits per heavy atom. The number of carbonyl (C=O) groups is 1. The lowest BCUT2D eigenvalue weighted by Crippen LogP contribution is -2.22. The molecule has 2 N–H and O–H groups in total. The number of rotatable bonds is 6. The first-order valence-corrected chi connectivity index (χ1v) is 8.08. The van der Waals surface area contributed by atoms with Crippen molar-refractivity contribution in [2.24, 2.45) is 0 Å². The standard InChI is InChI=1S/C15H18ClN3OS/c1-3-11-5-6-12(21-11)9-19-15(20)10-7-13(16)14(17-4-2)18-8-10/h5-8H,3-4,9H2,1-2H3,(H,17,18)(H,19,20). The summed E-state index contributed by atoms with van der Waals surface area (Å²) in [4.78, 5) is 18.7. The van der Waals surface area contributed by atoms with E-state index in [1.165, 1.54) is 11.1 Å². The highest BCUT2D eigenvalue weighted by Gasteiger charge is 2.10. The summed E-state index contributed by atoms with van der Waals surface area (Å²) in [6.45, 7) is 5.34. The van der Waals surface area contributed by atoms with E-state index in [0.717, 1.165) is 17.8 Å². The number of aromatic nitrogens is 1. The molecule has 4 nitrogen and oxygen atoms in total. The molecule has 0 saturated carbocycles. The number of amides is 1. The second-order valence-corrected chi connectivity index (χ2v) is 6.15. The van der Waals surface area contributed by atoms with Gasteiger partial charge in [-0.15, -0.1) is 11.3 Å². The van der Waals surface area contributed by atoms with Gasteiger partial charge in [0.05, 0.1) is 17.1 Å². The summed E-state index contributed by atoms with van der Waals surface area (Å²) < 4.78 is 0. The van der Waals surface area contributed by atoms with E-state index < -0.39 is 0 Å². The topological polar surface area (TPSA) is 54.0 Å². The SMILES string of the molecule is CCNc1ncc(C(=O)NCc2ccc(CC)s2)cc1Cl. The molecule has 0 unspecified atom stereocenters. The van der Waals surface area contributed by atoms with E-state index in [4.69, 9.17) is 11.6 Å². The minimum Gasteiger partial charge on any atom is -0.369 e. The van der Waals surface area contributed by atoms with Crippen molar-refractivity contribution in [1.82, 2.24) is 10.3 Å².